The van der Waals surface area contributed by atoms with Crippen LogP contribution < -0.4 is 0 Å². The number of aryl methyl sites for hydroxylation is 1. The van der Waals surface area contributed by atoms with Crippen LogP contribution in [-0.4, -0.2) is 29.2 Å². The summed E-state index contributed by atoms with van der Waals surface area (Å²) in [6.45, 7) is 3.09. The Kier molecular flexibility index (Phi) is 4.19. The minimum Gasteiger partial charge on any atom is -0.391 e. The summed E-state index contributed by atoms with van der Waals surface area (Å²) in [6, 6.07) is 8.84. The zero-order valence-corrected chi connectivity index (χ0v) is 10.9. The monoisotopic (exact) mass is 233 g/mol. The predicted octanol–water partition coefficient (Wildman–Crippen LogP) is 2.73. The van der Waals surface area contributed by atoms with Gasteiger partial charge in [0.15, 0.2) is 0 Å². The molecule has 2 atom stereocenters. The molecule has 0 unspecified atom stereocenters. The van der Waals surface area contributed by atoms with Crippen LogP contribution in [0, 0.1) is 6.92 Å². The summed E-state index contributed by atoms with van der Waals surface area (Å²) < 4.78 is 0. The molecule has 0 radical (unpaired) electrons. The quantitative estimate of drug-likeness (QED) is 0.867. The molecule has 0 spiro atoms. The van der Waals surface area contributed by atoms with Crippen LogP contribution in [0.5, 0.6) is 0 Å². The van der Waals surface area contributed by atoms with Crippen LogP contribution >= 0.6 is 0 Å². The van der Waals surface area contributed by atoms with Gasteiger partial charge in [-0.25, -0.2) is 0 Å². The highest BCUT2D eigenvalue weighted by Gasteiger charge is 2.26. The van der Waals surface area contributed by atoms with Crippen molar-refractivity contribution in [3.63, 3.8) is 0 Å². The van der Waals surface area contributed by atoms with Gasteiger partial charge < -0.3 is 5.11 Å². The summed E-state index contributed by atoms with van der Waals surface area (Å²) in [6.07, 6.45) is 4.37. The molecule has 0 saturated heterocycles. The number of nitrogens with zero attached hydrogens (tertiary/aromatic N) is 1. The Balaban J connectivity index is 2.01. The Morgan fingerprint density at radius 1 is 1.24 bits per heavy atom. The maximum Gasteiger partial charge on any atom is 0.0695 e. The van der Waals surface area contributed by atoms with Crippen molar-refractivity contribution >= 4 is 0 Å². The largest absolute Gasteiger partial charge is 0.391 e. The summed E-state index contributed by atoms with van der Waals surface area (Å²) in [5.41, 5.74) is 2.71. The first-order valence-corrected chi connectivity index (χ1v) is 6.61. The normalized spacial score (nSPS) is 25.2. The van der Waals surface area contributed by atoms with Crippen molar-refractivity contribution < 1.29 is 5.11 Å². The molecule has 1 aliphatic carbocycles. The smallest absolute Gasteiger partial charge is 0.0695 e. The fourth-order valence-electron chi connectivity index (χ4n) is 2.78. The molecule has 1 saturated carbocycles. The van der Waals surface area contributed by atoms with Crippen molar-refractivity contribution in [2.24, 2.45) is 0 Å². The van der Waals surface area contributed by atoms with Crippen LogP contribution in [-0.2, 0) is 6.54 Å². The number of hydrogen-bond acceptors (Lipinski definition) is 2. The molecule has 1 N–H and O–H groups in total. The van der Waals surface area contributed by atoms with Crippen LogP contribution in [0.4, 0.5) is 0 Å². The first-order chi connectivity index (χ1) is 8.18. The molecule has 0 amide bonds. The van der Waals surface area contributed by atoms with Gasteiger partial charge in [0.1, 0.15) is 0 Å². The van der Waals surface area contributed by atoms with Gasteiger partial charge in [-0.05, 0) is 37.9 Å². The highest BCUT2D eigenvalue weighted by molar-refractivity contribution is 5.25. The fraction of sp³-hybridized carbons (Fsp3) is 0.600. The van der Waals surface area contributed by atoms with E-state index < -0.39 is 0 Å². The highest BCUT2D eigenvalue weighted by atomic mass is 16.3. The number of aliphatic hydroxyl groups is 1. The molecule has 2 heteroatoms. The van der Waals surface area contributed by atoms with Gasteiger partial charge in [0.2, 0.25) is 0 Å². The van der Waals surface area contributed by atoms with E-state index >= 15 is 0 Å². The highest BCUT2D eigenvalue weighted by Crippen LogP contribution is 2.24. The Morgan fingerprint density at radius 2 is 1.94 bits per heavy atom. The lowest BCUT2D eigenvalue weighted by Crippen LogP contribution is -2.42. The molecular weight excluding hydrogens is 210 g/mol. The summed E-state index contributed by atoms with van der Waals surface area (Å²) in [5.74, 6) is 0. The zero-order valence-electron chi connectivity index (χ0n) is 10.9. The van der Waals surface area contributed by atoms with Crippen molar-refractivity contribution in [3.8, 4) is 0 Å². The fourth-order valence-corrected chi connectivity index (χ4v) is 2.78. The second-order valence-electron chi connectivity index (χ2n) is 5.26. The summed E-state index contributed by atoms with van der Waals surface area (Å²) in [5, 5.41) is 10.0. The van der Waals surface area contributed by atoms with E-state index in [4.69, 9.17) is 0 Å². The van der Waals surface area contributed by atoms with Gasteiger partial charge in [0.05, 0.1) is 6.10 Å². The van der Waals surface area contributed by atoms with Gasteiger partial charge in [-0.3, -0.25) is 4.90 Å². The van der Waals surface area contributed by atoms with E-state index in [0.29, 0.717) is 6.04 Å². The van der Waals surface area contributed by atoms with E-state index in [0.717, 1.165) is 19.4 Å². The van der Waals surface area contributed by atoms with Crippen molar-refractivity contribution in [1.29, 1.82) is 0 Å². The Morgan fingerprint density at radius 3 is 2.65 bits per heavy atom. The van der Waals surface area contributed by atoms with Crippen molar-refractivity contribution in [1.82, 2.24) is 4.90 Å². The van der Waals surface area contributed by atoms with E-state index in [1.807, 2.05) is 0 Å². The number of benzene rings is 1. The number of likely N-dealkylation sites (N-methyl/N-ethyl adjacent to an activating group) is 1. The van der Waals surface area contributed by atoms with E-state index in [-0.39, 0.29) is 6.10 Å². The number of hydrogen-bond donors (Lipinski definition) is 1. The molecule has 2 rings (SSSR count). The maximum absolute atomic E-state index is 10.0. The van der Waals surface area contributed by atoms with Gasteiger partial charge in [-0.15, -0.1) is 0 Å². The molecule has 0 aliphatic heterocycles. The first kappa shape index (κ1) is 12.6. The minimum absolute atomic E-state index is 0.141. The molecule has 1 aromatic carbocycles. The van der Waals surface area contributed by atoms with Crippen LogP contribution in [0.15, 0.2) is 24.3 Å². The maximum atomic E-state index is 10.0. The topological polar surface area (TPSA) is 23.5 Å². The lowest BCUT2D eigenvalue weighted by atomic mass is 9.91. The predicted molar refractivity (Wildman–Crippen MR) is 70.9 cm³/mol. The second-order valence-corrected chi connectivity index (χ2v) is 5.26. The third kappa shape index (κ3) is 3.08. The van der Waals surface area contributed by atoms with E-state index in [1.165, 1.54) is 24.0 Å². The van der Waals surface area contributed by atoms with Crippen LogP contribution in [0.1, 0.15) is 36.8 Å². The third-order valence-electron chi connectivity index (χ3n) is 3.94. The summed E-state index contributed by atoms with van der Waals surface area (Å²) in [7, 11) is 2.13. The molecule has 2 nitrogen and oxygen atoms in total. The summed E-state index contributed by atoms with van der Waals surface area (Å²) >= 11 is 0. The average molecular weight is 233 g/mol. The zero-order chi connectivity index (χ0) is 12.3. The number of rotatable bonds is 3. The van der Waals surface area contributed by atoms with Gasteiger partial charge in [-0.2, -0.15) is 0 Å². The van der Waals surface area contributed by atoms with Crippen molar-refractivity contribution in [2.45, 2.75) is 51.3 Å². The van der Waals surface area contributed by atoms with Crippen molar-refractivity contribution in [2.75, 3.05) is 7.05 Å². The number of aliphatic hydroxyl groups excluding tert-OH is 1. The van der Waals surface area contributed by atoms with Crippen LogP contribution in [0.2, 0.25) is 0 Å². The molecule has 1 fully saturated rings. The Bertz CT molecular complexity index is 364. The van der Waals surface area contributed by atoms with Gasteiger partial charge in [-0.1, -0.05) is 37.1 Å². The minimum atomic E-state index is -0.141. The van der Waals surface area contributed by atoms with E-state index in [9.17, 15) is 5.11 Å². The molecule has 0 aromatic heterocycles. The van der Waals surface area contributed by atoms with Crippen LogP contribution in [0.25, 0.3) is 0 Å². The molecule has 0 bridgehead atoms. The standard InChI is InChI=1S/C15H23NO/c1-12-7-3-4-8-13(12)11-16(2)14-9-5-6-10-15(14)17/h3-4,7-8,14-15,17H,5-6,9-11H2,1-2H3/t14-,15-/m1/s1. The molecule has 94 valence electrons. The van der Waals surface area contributed by atoms with Crippen LogP contribution in [0.3, 0.4) is 0 Å². The first-order valence-electron chi connectivity index (χ1n) is 6.61. The third-order valence-corrected chi connectivity index (χ3v) is 3.94. The lowest BCUT2D eigenvalue weighted by Gasteiger charge is -2.35. The molecule has 0 heterocycles. The Hall–Kier alpha value is -0.860. The van der Waals surface area contributed by atoms with E-state index in [2.05, 4.69) is 43.1 Å². The molecule has 1 aromatic rings. The Labute approximate surface area is 104 Å². The van der Waals surface area contributed by atoms with Gasteiger partial charge >= 0.3 is 0 Å². The van der Waals surface area contributed by atoms with Crippen molar-refractivity contribution in [3.05, 3.63) is 35.4 Å². The molecule has 1 aliphatic rings. The molecular formula is C15H23NO. The average Bonchev–Trinajstić information content (AvgIpc) is 2.32. The second kappa shape index (κ2) is 5.65. The SMILES string of the molecule is Cc1ccccc1CN(C)[C@@H]1CCCC[C@H]1O. The van der Waals surface area contributed by atoms with E-state index in [1.54, 1.807) is 0 Å². The van der Waals surface area contributed by atoms with Gasteiger partial charge in [0.25, 0.3) is 0 Å². The molecule has 17 heavy (non-hydrogen) atoms. The lowest BCUT2D eigenvalue weighted by molar-refractivity contribution is 0.0287. The van der Waals surface area contributed by atoms with Gasteiger partial charge in [0, 0.05) is 12.6 Å². The summed E-state index contributed by atoms with van der Waals surface area (Å²) in [4.78, 5) is 2.31.